The van der Waals surface area contributed by atoms with Crippen LogP contribution in [-0.4, -0.2) is 47.6 Å². The number of halogens is 7. The highest BCUT2D eigenvalue weighted by Crippen LogP contribution is 2.43. The van der Waals surface area contributed by atoms with Crippen LogP contribution in [0.1, 0.15) is 43.4 Å². The molecule has 1 saturated heterocycles. The topological polar surface area (TPSA) is 95.8 Å². The van der Waals surface area contributed by atoms with Crippen molar-refractivity contribution in [2.24, 2.45) is 0 Å². The molecule has 47 heavy (non-hydrogen) atoms. The van der Waals surface area contributed by atoms with E-state index >= 15 is 4.39 Å². The molecule has 1 fully saturated rings. The van der Waals surface area contributed by atoms with Gasteiger partial charge in [0.15, 0.2) is 10.9 Å². The summed E-state index contributed by atoms with van der Waals surface area (Å²) in [6.45, 7) is 2.96. The number of aldehydes is 1. The SMILES string of the molecule is CC1(C)C(=O)N(c2ccc(C#N)c(C(F)(F)F)c2F)C(=S)N1c1ccc(-c2ccc(OCCCCOCC=O)c(C(F)(F)F)c2)nc1. The van der Waals surface area contributed by atoms with E-state index < -0.39 is 57.7 Å². The number of unbranched alkanes of at least 4 members (excludes halogenated alkanes) is 1. The molecule has 0 N–H and O–H groups in total. The Kier molecular flexibility index (Phi) is 10.2. The third kappa shape index (κ3) is 7.20. The molecule has 0 radical (unpaired) electrons. The number of rotatable bonds is 11. The predicted octanol–water partition coefficient (Wildman–Crippen LogP) is 7.09. The second-order valence-electron chi connectivity index (χ2n) is 10.7. The minimum atomic E-state index is -5.24. The van der Waals surface area contributed by atoms with E-state index in [2.05, 4.69) is 4.98 Å². The third-order valence-corrected chi connectivity index (χ3v) is 7.51. The Morgan fingerprint density at radius 3 is 2.32 bits per heavy atom. The molecule has 0 aliphatic carbocycles. The summed E-state index contributed by atoms with van der Waals surface area (Å²) in [5, 5.41) is 8.69. The number of aromatic nitrogens is 1. The van der Waals surface area contributed by atoms with Crippen LogP contribution in [0.15, 0.2) is 48.7 Å². The summed E-state index contributed by atoms with van der Waals surface area (Å²) >= 11 is 5.41. The molecule has 0 atom stereocenters. The van der Waals surface area contributed by atoms with E-state index in [-0.39, 0.29) is 41.9 Å². The molecule has 248 valence electrons. The van der Waals surface area contributed by atoms with Crippen molar-refractivity contribution in [3.8, 4) is 23.1 Å². The highest BCUT2D eigenvalue weighted by atomic mass is 32.1. The first-order valence-electron chi connectivity index (χ1n) is 13.8. The third-order valence-electron chi connectivity index (χ3n) is 7.15. The maximum atomic E-state index is 15.3. The summed E-state index contributed by atoms with van der Waals surface area (Å²) in [6, 6.07) is 9.04. The van der Waals surface area contributed by atoms with Gasteiger partial charge in [0, 0.05) is 12.2 Å². The predicted molar refractivity (Wildman–Crippen MR) is 159 cm³/mol. The Balaban J connectivity index is 1.60. The number of pyridine rings is 1. The molecule has 1 aliphatic heterocycles. The average molecular weight is 683 g/mol. The number of nitriles is 1. The maximum absolute atomic E-state index is 15.3. The van der Waals surface area contributed by atoms with Gasteiger partial charge in [-0.15, -0.1) is 0 Å². The molecule has 0 bridgehead atoms. The number of hydrogen-bond donors (Lipinski definition) is 0. The summed E-state index contributed by atoms with van der Waals surface area (Å²) in [6.07, 6.45) is -7.35. The van der Waals surface area contributed by atoms with E-state index in [1.807, 2.05) is 0 Å². The van der Waals surface area contributed by atoms with Gasteiger partial charge in [-0.25, -0.2) is 4.39 Å². The lowest BCUT2D eigenvalue weighted by Crippen LogP contribution is -2.44. The van der Waals surface area contributed by atoms with Crippen LogP contribution in [-0.2, 0) is 26.7 Å². The molecule has 1 aliphatic rings. The normalized spacial score (nSPS) is 14.8. The number of nitrogens with zero attached hydrogens (tertiary/aromatic N) is 4. The molecular weight excluding hydrogens is 657 g/mol. The van der Waals surface area contributed by atoms with Crippen LogP contribution >= 0.6 is 12.2 Å². The van der Waals surface area contributed by atoms with Crippen LogP contribution in [0.4, 0.5) is 42.1 Å². The van der Waals surface area contributed by atoms with Crippen molar-refractivity contribution in [1.29, 1.82) is 5.26 Å². The van der Waals surface area contributed by atoms with Crippen molar-refractivity contribution >= 4 is 40.9 Å². The van der Waals surface area contributed by atoms with Gasteiger partial charge in [0.05, 0.1) is 47.1 Å². The summed E-state index contributed by atoms with van der Waals surface area (Å²) in [7, 11) is 0. The standard InChI is InChI=1S/C31H25F7N4O4S/c1-29(2)27(44)41(23-9-5-19(16-39)25(26(23)32)31(36,37)38)28(47)42(29)20-7-8-22(40-17-20)18-6-10-24(21(15-18)30(33,34)35)46-13-4-3-12-45-14-11-43/h5-11,15,17H,3-4,12-14H2,1-2H3. The fourth-order valence-corrected chi connectivity index (χ4v) is 5.41. The second kappa shape index (κ2) is 13.6. The fourth-order valence-electron chi connectivity index (χ4n) is 4.89. The molecule has 8 nitrogen and oxygen atoms in total. The molecule has 1 aromatic heterocycles. The number of amides is 1. The minimum absolute atomic E-state index is 0.0228. The smallest absolute Gasteiger partial charge is 0.420 e. The van der Waals surface area contributed by atoms with Crippen molar-refractivity contribution in [3.63, 3.8) is 0 Å². The number of benzene rings is 2. The number of anilines is 2. The van der Waals surface area contributed by atoms with E-state index in [0.717, 1.165) is 24.3 Å². The van der Waals surface area contributed by atoms with Gasteiger partial charge in [0.2, 0.25) is 0 Å². The lowest BCUT2D eigenvalue weighted by molar-refractivity contribution is -0.140. The average Bonchev–Trinajstić information content (AvgIpc) is 3.18. The van der Waals surface area contributed by atoms with Gasteiger partial charge < -0.3 is 19.2 Å². The molecule has 4 rings (SSSR count). The van der Waals surface area contributed by atoms with Crippen molar-refractivity contribution in [2.75, 3.05) is 29.6 Å². The molecule has 3 aromatic rings. The molecule has 16 heteroatoms. The molecule has 0 spiro atoms. The Bertz CT molecular complexity index is 1720. The zero-order chi connectivity index (χ0) is 34.7. The molecule has 0 saturated carbocycles. The lowest BCUT2D eigenvalue weighted by Gasteiger charge is -2.29. The Morgan fingerprint density at radius 2 is 1.72 bits per heavy atom. The minimum Gasteiger partial charge on any atom is -0.493 e. The van der Waals surface area contributed by atoms with E-state index in [0.29, 0.717) is 24.0 Å². The second-order valence-corrected chi connectivity index (χ2v) is 11.0. The van der Waals surface area contributed by atoms with Gasteiger partial charge in [-0.1, -0.05) is 0 Å². The number of ether oxygens (including phenoxy) is 2. The summed E-state index contributed by atoms with van der Waals surface area (Å²) in [4.78, 5) is 29.7. The fraction of sp³-hybridized carbons (Fsp3) is 0.323. The Labute approximate surface area is 269 Å². The van der Waals surface area contributed by atoms with E-state index in [1.54, 1.807) is 0 Å². The van der Waals surface area contributed by atoms with Crippen molar-refractivity contribution in [2.45, 2.75) is 44.6 Å². The molecular formula is C31H25F7N4O4S. The van der Waals surface area contributed by atoms with Gasteiger partial charge >= 0.3 is 12.4 Å². The van der Waals surface area contributed by atoms with Crippen LogP contribution in [0.2, 0.25) is 0 Å². The molecule has 2 heterocycles. The summed E-state index contributed by atoms with van der Waals surface area (Å²) in [5.74, 6) is -3.12. The first kappa shape index (κ1) is 35.2. The van der Waals surface area contributed by atoms with Gasteiger partial charge in [-0.2, -0.15) is 31.6 Å². The molecule has 1 amide bonds. The highest BCUT2D eigenvalue weighted by molar-refractivity contribution is 7.81. The Morgan fingerprint density at radius 1 is 1.02 bits per heavy atom. The zero-order valence-electron chi connectivity index (χ0n) is 24.7. The Hall–Kier alpha value is -4.62. The summed E-state index contributed by atoms with van der Waals surface area (Å²) in [5.41, 5.74) is -5.87. The largest absolute Gasteiger partial charge is 0.493 e. The quantitative estimate of drug-likeness (QED) is 0.0916. The van der Waals surface area contributed by atoms with Gasteiger partial charge in [0.25, 0.3) is 5.91 Å². The molecule has 2 aromatic carbocycles. The van der Waals surface area contributed by atoms with E-state index in [4.69, 9.17) is 27.0 Å². The highest BCUT2D eigenvalue weighted by Gasteiger charge is 2.52. The first-order chi connectivity index (χ1) is 22.0. The number of alkyl halides is 6. The monoisotopic (exact) mass is 682 g/mol. The van der Waals surface area contributed by atoms with Crippen LogP contribution < -0.4 is 14.5 Å². The van der Waals surface area contributed by atoms with Crippen LogP contribution in [0.25, 0.3) is 11.3 Å². The maximum Gasteiger partial charge on any atom is 0.420 e. The summed E-state index contributed by atoms with van der Waals surface area (Å²) < 4.78 is 108. The van der Waals surface area contributed by atoms with Crippen molar-refractivity contribution in [1.82, 2.24) is 4.98 Å². The number of thiocarbonyl (C=S) groups is 1. The lowest BCUT2D eigenvalue weighted by atomic mass is 10.0. The van der Waals surface area contributed by atoms with Gasteiger partial charge in [-0.3, -0.25) is 14.7 Å². The van der Waals surface area contributed by atoms with Gasteiger partial charge in [-0.05, 0) is 81.4 Å². The van der Waals surface area contributed by atoms with Crippen molar-refractivity contribution < 1.29 is 49.8 Å². The van der Waals surface area contributed by atoms with E-state index in [9.17, 15) is 35.9 Å². The van der Waals surface area contributed by atoms with Crippen LogP contribution in [0.3, 0.4) is 0 Å². The van der Waals surface area contributed by atoms with Gasteiger partial charge in [0.1, 0.15) is 29.7 Å². The van der Waals surface area contributed by atoms with Crippen LogP contribution in [0.5, 0.6) is 5.75 Å². The zero-order valence-corrected chi connectivity index (χ0v) is 25.5. The first-order valence-corrected chi connectivity index (χ1v) is 14.2. The number of carbonyl (C=O) groups is 2. The van der Waals surface area contributed by atoms with Crippen LogP contribution in [0, 0.1) is 17.1 Å². The van der Waals surface area contributed by atoms with Crippen molar-refractivity contribution in [3.05, 3.63) is 71.2 Å². The number of carbonyl (C=O) groups excluding carboxylic acids is 2. The van der Waals surface area contributed by atoms with E-state index in [1.165, 1.54) is 49.2 Å². The number of hydrogen-bond acceptors (Lipinski definition) is 7. The molecule has 0 unspecified atom stereocenters.